The molecule has 15 heteroatoms. The molecule has 13 N–H and O–H groups in total. The van der Waals surface area contributed by atoms with E-state index in [1.807, 2.05) is 24.3 Å². The molecule has 0 spiro atoms. The molecule has 0 saturated heterocycles. The van der Waals surface area contributed by atoms with Gasteiger partial charge in [-0.05, 0) is 30.9 Å². The first-order chi connectivity index (χ1) is 18.5. The highest BCUT2D eigenvalue weighted by Gasteiger charge is 2.27. The molecule has 0 fully saturated rings. The van der Waals surface area contributed by atoms with E-state index in [0.29, 0.717) is 5.56 Å². The van der Waals surface area contributed by atoms with Crippen LogP contribution in [0, 0.1) is 0 Å². The number of rotatable bonds is 16. The molecule has 2 rings (SSSR count). The van der Waals surface area contributed by atoms with Gasteiger partial charge in [0.15, 0.2) is 5.96 Å². The number of aromatic nitrogens is 1. The van der Waals surface area contributed by atoms with Gasteiger partial charge in [0.05, 0.1) is 12.6 Å². The van der Waals surface area contributed by atoms with Crippen LogP contribution >= 0.6 is 0 Å². The van der Waals surface area contributed by atoms with Crippen molar-refractivity contribution in [2.24, 2.45) is 27.9 Å². The van der Waals surface area contributed by atoms with Crippen LogP contribution in [0.25, 0.3) is 10.9 Å². The van der Waals surface area contributed by atoms with Crippen LogP contribution in [0.5, 0.6) is 0 Å². The van der Waals surface area contributed by atoms with Gasteiger partial charge in [-0.25, -0.2) is 4.79 Å². The molecule has 0 saturated carbocycles. The summed E-state index contributed by atoms with van der Waals surface area (Å²) >= 11 is 0. The molecular formula is C24H35N9O6. The third-order valence-corrected chi connectivity index (χ3v) is 5.77. The molecule has 212 valence electrons. The molecule has 3 unspecified atom stereocenters. The lowest BCUT2D eigenvalue weighted by atomic mass is 10.0. The Balaban J connectivity index is 2.11. The molecule has 1 heterocycles. The minimum absolute atomic E-state index is 0.00808. The maximum Gasteiger partial charge on any atom is 0.326 e. The number of para-hydroxylation sites is 1. The number of benzene rings is 1. The Kier molecular flexibility index (Phi) is 11.7. The number of nitrogens with zero attached hydrogens (tertiary/aromatic N) is 1. The number of hydrogen-bond acceptors (Lipinski definition) is 7. The van der Waals surface area contributed by atoms with Crippen LogP contribution in [0.1, 0.15) is 31.2 Å². The molecule has 0 aliphatic carbocycles. The number of fused-ring (bicyclic) bond motifs is 1. The fourth-order valence-corrected chi connectivity index (χ4v) is 3.74. The van der Waals surface area contributed by atoms with Crippen molar-refractivity contribution in [3.05, 3.63) is 36.0 Å². The molecule has 0 bridgehead atoms. The van der Waals surface area contributed by atoms with Crippen molar-refractivity contribution in [3.8, 4) is 0 Å². The van der Waals surface area contributed by atoms with E-state index in [1.165, 1.54) is 0 Å². The lowest BCUT2D eigenvalue weighted by Gasteiger charge is -2.22. The number of aliphatic carboxylic acids is 1. The number of amides is 4. The summed E-state index contributed by atoms with van der Waals surface area (Å²) < 4.78 is 0. The fraction of sp³-hybridized carbons (Fsp3) is 0.417. The van der Waals surface area contributed by atoms with E-state index in [4.69, 9.17) is 22.9 Å². The number of carboxylic acids is 1. The smallest absolute Gasteiger partial charge is 0.326 e. The van der Waals surface area contributed by atoms with E-state index >= 15 is 0 Å². The van der Waals surface area contributed by atoms with E-state index in [1.54, 1.807) is 6.20 Å². The average Bonchev–Trinajstić information content (AvgIpc) is 3.29. The van der Waals surface area contributed by atoms with Gasteiger partial charge in [-0.1, -0.05) is 18.2 Å². The summed E-state index contributed by atoms with van der Waals surface area (Å²) in [6.45, 7) is -0.319. The van der Waals surface area contributed by atoms with Gasteiger partial charge in [0.2, 0.25) is 23.6 Å². The van der Waals surface area contributed by atoms with Gasteiger partial charge in [-0.2, -0.15) is 0 Å². The monoisotopic (exact) mass is 545 g/mol. The van der Waals surface area contributed by atoms with Crippen molar-refractivity contribution in [1.82, 2.24) is 20.9 Å². The Morgan fingerprint density at radius 3 is 2.36 bits per heavy atom. The normalized spacial score (nSPS) is 13.1. The summed E-state index contributed by atoms with van der Waals surface area (Å²) in [6, 6.07) is 3.88. The van der Waals surface area contributed by atoms with Crippen molar-refractivity contribution in [2.75, 3.05) is 13.1 Å². The van der Waals surface area contributed by atoms with Gasteiger partial charge in [0, 0.05) is 36.5 Å². The van der Waals surface area contributed by atoms with Crippen molar-refractivity contribution in [3.63, 3.8) is 0 Å². The van der Waals surface area contributed by atoms with Crippen LogP contribution in [0.15, 0.2) is 35.5 Å². The second kappa shape index (κ2) is 14.9. The number of carbonyl (C=O) groups excluding carboxylic acids is 4. The van der Waals surface area contributed by atoms with Crippen LogP contribution in [0.4, 0.5) is 0 Å². The molecule has 2 aromatic rings. The Labute approximate surface area is 224 Å². The van der Waals surface area contributed by atoms with Crippen LogP contribution in [-0.2, 0) is 30.4 Å². The second-order valence-electron chi connectivity index (χ2n) is 8.86. The average molecular weight is 546 g/mol. The van der Waals surface area contributed by atoms with Crippen molar-refractivity contribution >= 4 is 46.5 Å². The number of hydrogen-bond donors (Lipinski definition) is 9. The highest BCUT2D eigenvalue weighted by atomic mass is 16.4. The van der Waals surface area contributed by atoms with E-state index in [-0.39, 0.29) is 44.6 Å². The number of carbonyl (C=O) groups is 5. The molecule has 0 radical (unpaired) electrons. The molecule has 0 aliphatic heterocycles. The third kappa shape index (κ3) is 10.3. The molecule has 0 aliphatic rings. The van der Waals surface area contributed by atoms with Crippen LogP contribution in [0.2, 0.25) is 0 Å². The Bertz CT molecular complexity index is 1210. The van der Waals surface area contributed by atoms with Gasteiger partial charge in [-0.15, -0.1) is 0 Å². The number of carboxylic acid groups (broad SMARTS) is 1. The largest absolute Gasteiger partial charge is 0.480 e. The number of aromatic amines is 1. The molecule has 1 aromatic heterocycles. The Hall–Kier alpha value is -4.66. The van der Waals surface area contributed by atoms with E-state index in [2.05, 4.69) is 25.9 Å². The minimum Gasteiger partial charge on any atom is -0.480 e. The van der Waals surface area contributed by atoms with Crippen LogP contribution in [-0.4, -0.2) is 76.9 Å². The molecule has 15 nitrogen and oxygen atoms in total. The summed E-state index contributed by atoms with van der Waals surface area (Å²) in [6.07, 6.45) is 1.98. The third-order valence-electron chi connectivity index (χ3n) is 5.77. The molecule has 4 amide bonds. The van der Waals surface area contributed by atoms with Crippen LogP contribution < -0.4 is 38.9 Å². The second-order valence-corrected chi connectivity index (χ2v) is 8.86. The SMILES string of the molecule is NC(=O)CCC(N)C(=O)NCC(=O)NC(Cc1c[nH]c2ccccc12)C(=O)NC(CCCN=C(N)N)C(=O)O. The first kappa shape index (κ1) is 30.6. The lowest BCUT2D eigenvalue weighted by Crippen LogP contribution is -2.54. The van der Waals surface area contributed by atoms with Crippen molar-refractivity contribution in [2.45, 2.75) is 50.2 Å². The maximum atomic E-state index is 13.2. The van der Waals surface area contributed by atoms with Gasteiger partial charge in [0.25, 0.3) is 0 Å². The van der Waals surface area contributed by atoms with Gasteiger partial charge in [0.1, 0.15) is 12.1 Å². The highest BCUT2D eigenvalue weighted by molar-refractivity contribution is 5.93. The predicted molar refractivity (Wildman–Crippen MR) is 143 cm³/mol. The topological polar surface area (TPSA) is 274 Å². The minimum atomic E-state index is -1.26. The fourth-order valence-electron chi connectivity index (χ4n) is 3.74. The maximum absolute atomic E-state index is 13.2. The van der Waals surface area contributed by atoms with Gasteiger partial charge in [-0.3, -0.25) is 24.2 Å². The Morgan fingerprint density at radius 1 is 0.974 bits per heavy atom. The number of aliphatic imine (C=N–C) groups is 1. The zero-order valence-electron chi connectivity index (χ0n) is 21.3. The summed E-state index contributed by atoms with van der Waals surface area (Å²) in [5, 5.41) is 17.8. The van der Waals surface area contributed by atoms with Gasteiger partial charge < -0.3 is 49.0 Å². The molecule has 1 aromatic carbocycles. The Morgan fingerprint density at radius 2 is 1.69 bits per heavy atom. The number of guanidine groups is 1. The molecule has 3 atom stereocenters. The number of nitrogens with one attached hydrogen (secondary N) is 4. The molecule has 39 heavy (non-hydrogen) atoms. The van der Waals surface area contributed by atoms with Crippen LogP contribution in [0.3, 0.4) is 0 Å². The quantitative estimate of drug-likeness (QED) is 0.0613. The van der Waals surface area contributed by atoms with Crippen molar-refractivity contribution < 1.29 is 29.1 Å². The summed E-state index contributed by atoms with van der Waals surface area (Å²) in [4.78, 5) is 67.5. The van der Waals surface area contributed by atoms with Gasteiger partial charge >= 0.3 is 5.97 Å². The van der Waals surface area contributed by atoms with E-state index in [9.17, 15) is 29.1 Å². The first-order valence-corrected chi connectivity index (χ1v) is 12.2. The molecular weight excluding hydrogens is 510 g/mol. The zero-order chi connectivity index (χ0) is 28.9. The highest BCUT2D eigenvalue weighted by Crippen LogP contribution is 2.19. The van der Waals surface area contributed by atoms with E-state index < -0.39 is 54.3 Å². The number of primary amides is 1. The number of nitrogens with two attached hydrogens (primary N) is 4. The predicted octanol–water partition coefficient (Wildman–Crippen LogP) is -2.47. The summed E-state index contributed by atoms with van der Waals surface area (Å²) in [5.41, 5.74) is 22.8. The summed E-state index contributed by atoms with van der Waals surface area (Å²) in [5.74, 6) is -4.11. The standard InChI is InChI=1S/C24H35N9O6/c25-15(7-8-19(26)34)21(36)31-12-20(35)32-18(10-13-11-30-16-5-2-1-4-14(13)16)22(37)33-17(23(38)39)6-3-9-29-24(27)28/h1-2,4-5,11,15,17-18,30H,3,6-10,12,25H2,(H2,26,34)(H,31,36)(H,32,35)(H,33,37)(H,38,39)(H4,27,28,29). The van der Waals surface area contributed by atoms with E-state index in [0.717, 1.165) is 10.9 Å². The number of H-pyrrole nitrogens is 1. The first-order valence-electron chi connectivity index (χ1n) is 12.2. The zero-order valence-corrected chi connectivity index (χ0v) is 21.3. The van der Waals surface area contributed by atoms with Crippen molar-refractivity contribution in [1.29, 1.82) is 0 Å². The lowest BCUT2D eigenvalue weighted by molar-refractivity contribution is -0.142. The summed E-state index contributed by atoms with van der Waals surface area (Å²) in [7, 11) is 0.